The molecule has 0 saturated carbocycles. The molecule has 150 valence electrons. The van der Waals surface area contributed by atoms with E-state index in [2.05, 4.69) is 25.8 Å². The van der Waals surface area contributed by atoms with Gasteiger partial charge in [-0.15, -0.1) is 0 Å². The van der Waals surface area contributed by atoms with E-state index in [1.807, 2.05) is 32.0 Å². The van der Waals surface area contributed by atoms with Crippen LogP contribution < -0.4 is 10.7 Å². The zero-order valence-corrected chi connectivity index (χ0v) is 16.9. The lowest BCUT2D eigenvalue weighted by molar-refractivity contribution is -0.124. The van der Waals surface area contributed by atoms with E-state index in [-0.39, 0.29) is 5.92 Å². The van der Waals surface area contributed by atoms with Crippen molar-refractivity contribution < 1.29 is 14.3 Å². The van der Waals surface area contributed by atoms with Gasteiger partial charge in [0.2, 0.25) is 0 Å². The third-order valence-electron chi connectivity index (χ3n) is 4.05. The predicted molar refractivity (Wildman–Crippen MR) is 108 cm³/mol. The summed E-state index contributed by atoms with van der Waals surface area (Å²) in [5, 5.41) is 6.63. The number of rotatable bonds is 6. The molecule has 0 saturated heterocycles. The lowest BCUT2D eigenvalue weighted by atomic mass is 9.99. The number of carbonyl (C=O) groups excluding carboxylic acids is 2. The molecule has 1 heterocycles. The fourth-order valence-corrected chi connectivity index (χ4v) is 2.44. The molecule has 0 radical (unpaired) electrons. The van der Waals surface area contributed by atoms with E-state index < -0.39 is 23.6 Å². The van der Waals surface area contributed by atoms with E-state index >= 15 is 0 Å². The number of aromatic nitrogens is 2. The van der Waals surface area contributed by atoms with Crippen molar-refractivity contribution in [3.8, 4) is 0 Å². The Morgan fingerprint density at radius 1 is 1.21 bits per heavy atom. The third kappa shape index (κ3) is 6.29. The summed E-state index contributed by atoms with van der Waals surface area (Å²) in [4.78, 5) is 33.0. The quantitative estimate of drug-likeness (QED) is 0.587. The van der Waals surface area contributed by atoms with Crippen LogP contribution in [0, 0.1) is 5.92 Å². The van der Waals surface area contributed by atoms with Gasteiger partial charge < -0.3 is 10.1 Å². The molecule has 2 aromatic rings. The Morgan fingerprint density at radius 2 is 1.89 bits per heavy atom. The maximum atomic E-state index is 12.5. The van der Waals surface area contributed by atoms with Gasteiger partial charge in [0.05, 0.1) is 17.2 Å². The van der Waals surface area contributed by atoms with Gasteiger partial charge in [0.25, 0.3) is 5.91 Å². The SMILES string of the molecule is CC[C@H](C)[C@H](NC(=O)OC(C)(C)C)C(=O)NN=Cc1ccc2nccnc2c1. The highest BCUT2D eigenvalue weighted by molar-refractivity contribution is 5.89. The molecule has 0 fully saturated rings. The maximum absolute atomic E-state index is 12.5. The molecule has 0 unspecified atom stereocenters. The molecule has 0 aliphatic rings. The van der Waals surface area contributed by atoms with E-state index in [0.29, 0.717) is 6.42 Å². The van der Waals surface area contributed by atoms with Crippen molar-refractivity contribution in [2.24, 2.45) is 11.0 Å². The number of alkyl carbamates (subject to hydrolysis) is 1. The summed E-state index contributed by atoms with van der Waals surface area (Å²) >= 11 is 0. The van der Waals surface area contributed by atoms with Gasteiger partial charge in [0.15, 0.2) is 0 Å². The van der Waals surface area contributed by atoms with Gasteiger partial charge in [-0.05, 0) is 44.4 Å². The zero-order chi connectivity index (χ0) is 20.7. The number of carbonyl (C=O) groups is 2. The second kappa shape index (κ2) is 9.25. The molecule has 0 bridgehead atoms. The molecule has 8 heteroatoms. The van der Waals surface area contributed by atoms with Gasteiger partial charge in [0.1, 0.15) is 11.6 Å². The molecule has 2 rings (SSSR count). The van der Waals surface area contributed by atoms with Crippen molar-refractivity contribution in [2.45, 2.75) is 52.7 Å². The number of amides is 2. The molecule has 28 heavy (non-hydrogen) atoms. The normalized spacial score (nSPS) is 13.9. The van der Waals surface area contributed by atoms with E-state index in [0.717, 1.165) is 16.6 Å². The Labute approximate surface area is 164 Å². The van der Waals surface area contributed by atoms with Crippen LogP contribution in [0.2, 0.25) is 0 Å². The lowest BCUT2D eigenvalue weighted by Gasteiger charge is -2.25. The average Bonchev–Trinajstić information content (AvgIpc) is 2.64. The smallest absolute Gasteiger partial charge is 0.408 e. The summed E-state index contributed by atoms with van der Waals surface area (Å²) in [6.45, 7) is 9.13. The molecular weight excluding hydrogens is 358 g/mol. The maximum Gasteiger partial charge on any atom is 0.408 e. The van der Waals surface area contributed by atoms with Crippen LogP contribution in [-0.2, 0) is 9.53 Å². The highest BCUT2D eigenvalue weighted by Crippen LogP contribution is 2.12. The van der Waals surface area contributed by atoms with Gasteiger partial charge in [-0.3, -0.25) is 14.8 Å². The first-order chi connectivity index (χ1) is 13.2. The second-order valence-electron chi connectivity index (χ2n) is 7.55. The standard InChI is InChI=1S/C20H27N5O3/c1-6-13(2)17(24-19(27)28-20(3,4)5)18(26)25-23-12-14-7-8-15-16(11-14)22-10-9-21-15/h7-13,17H,6H2,1-5H3,(H,24,27)(H,25,26)/t13-,17-/m0/s1. The summed E-state index contributed by atoms with van der Waals surface area (Å²) in [5.74, 6) is -0.490. The van der Waals surface area contributed by atoms with Crippen molar-refractivity contribution in [1.82, 2.24) is 20.7 Å². The first-order valence-corrected chi connectivity index (χ1v) is 9.23. The van der Waals surface area contributed by atoms with E-state index in [1.165, 1.54) is 6.21 Å². The minimum atomic E-state index is -0.750. The summed E-state index contributed by atoms with van der Waals surface area (Å²) in [5.41, 5.74) is 4.14. The van der Waals surface area contributed by atoms with Gasteiger partial charge in [-0.1, -0.05) is 26.3 Å². The van der Waals surface area contributed by atoms with Crippen LogP contribution in [0.3, 0.4) is 0 Å². The van der Waals surface area contributed by atoms with Crippen LogP contribution in [0.15, 0.2) is 35.7 Å². The summed E-state index contributed by atoms with van der Waals surface area (Å²) in [6, 6.07) is 4.73. The molecule has 1 aromatic heterocycles. The Bertz CT molecular complexity index is 860. The van der Waals surface area contributed by atoms with Crippen LogP contribution in [0.4, 0.5) is 4.79 Å². The van der Waals surface area contributed by atoms with Crippen molar-refractivity contribution in [3.05, 3.63) is 36.2 Å². The molecule has 8 nitrogen and oxygen atoms in total. The number of hydrogen-bond acceptors (Lipinski definition) is 6. The van der Waals surface area contributed by atoms with Crippen LogP contribution in [0.5, 0.6) is 0 Å². The highest BCUT2D eigenvalue weighted by Gasteiger charge is 2.28. The number of nitrogens with one attached hydrogen (secondary N) is 2. The predicted octanol–water partition coefficient (Wildman–Crippen LogP) is 3.02. The van der Waals surface area contributed by atoms with Crippen molar-refractivity contribution in [2.75, 3.05) is 0 Å². The van der Waals surface area contributed by atoms with E-state index in [4.69, 9.17) is 4.74 Å². The molecule has 2 N–H and O–H groups in total. The summed E-state index contributed by atoms with van der Waals surface area (Å²) in [6.07, 6.45) is 4.84. The Kier molecular flexibility index (Phi) is 7.03. The molecular formula is C20H27N5O3. The van der Waals surface area contributed by atoms with Crippen LogP contribution in [-0.4, -0.2) is 39.8 Å². The minimum absolute atomic E-state index is 0.0846. The van der Waals surface area contributed by atoms with Crippen molar-refractivity contribution in [1.29, 1.82) is 0 Å². The molecule has 0 aliphatic heterocycles. The van der Waals surface area contributed by atoms with E-state index in [1.54, 1.807) is 33.2 Å². The molecule has 0 spiro atoms. The number of benzene rings is 1. The van der Waals surface area contributed by atoms with Crippen molar-refractivity contribution >= 4 is 29.2 Å². The third-order valence-corrected chi connectivity index (χ3v) is 4.05. The minimum Gasteiger partial charge on any atom is -0.444 e. The monoisotopic (exact) mass is 385 g/mol. The van der Waals surface area contributed by atoms with Gasteiger partial charge >= 0.3 is 6.09 Å². The second-order valence-corrected chi connectivity index (χ2v) is 7.55. The van der Waals surface area contributed by atoms with Crippen LogP contribution in [0.25, 0.3) is 11.0 Å². The Balaban J connectivity index is 2.03. The van der Waals surface area contributed by atoms with Crippen LogP contribution in [0.1, 0.15) is 46.6 Å². The van der Waals surface area contributed by atoms with Gasteiger partial charge in [-0.2, -0.15) is 5.10 Å². The number of hydrazone groups is 1. The van der Waals surface area contributed by atoms with Gasteiger partial charge in [0, 0.05) is 12.4 Å². The highest BCUT2D eigenvalue weighted by atomic mass is 16.6. The van der Waals surface area contributed by atoms with E-state index in [9.17, 15) is 9.59 Å². The largest absolute Gasteiger partial charge is 0.444 e. The average molecular weight is 385 g/mol. The number of nitrogens with zero attached hydrogens (tertiary/aromatic N) is 3. The Morgan fingerprint density at radius 3 is 2.54 bits per heavy atom. The first-order valence-electron chi connectivity index (χ1n) is 9.23. The van der Waals surface area contributed by atoms with Crippen molar-refractivity contribution in [3.63, 3.8) is 0 Å². The molecule has 0 aliphatic carbocycles. The topological polar surface area (TPSA) is 106 Å². The zero-order valence-electron chi connectivity index (χ0n) is 16.9. The summed E-state index contributed by atoms with van der Waals surface area (Å²) in [7, 11) is 0. The van der Waals surface area contributed by atoms with Crippen LogP contribution >= 0.6 is 0 Å². The number of hydrogen-bond donors (Lipinski definition) is 2. The summed E-state index contributed by atoms with van der Waals surface area (Å²) < 4.78 is 5.25. The fourth-order valence-electron chi connectivity index (χ4n) is 2.44. The Hall–Kier alpha value is -3.03. The fraction of sp³-hybridized carbons (Fsp3) is 0.450. The molecule has 2 amide bonds. The van der Waals surface area contributed by atoms with Gasteiger partial charge in [-0.25, -0.2) is 10.2 Å². The molecule has 1 aromatic carbocycles. The number of ether oxygens (including phenoxy) is 1. The first kappa shape index (κ1) is 21.3. The molecule has 2 atom stereocenters. The number of fused-ring (bicyclic) bond motifs is 1. The lowest BCUT2D eigenvalue weighted by Crippen LogP contribution is -2.50.